The number of aromatic nitrogens is 2. The second kappa shape index (κ2) is 11.0. The molecule has 198 valence electrons. The van der Waals surface area contributed by atoms with Crippen molar-refractivity contribution in [1.82, 2.24) is 25.5 Å². The van der Waals surface area contributed by atoms with Crippen molar-refractivity contribution in [2.24, 2.45) is 0 Å². The number of cyclic esters (lactones) is 1. The van der Waals surface area contributed by atoms with Crippen molar-refractivity contribution in [3.8, 4) is 11.8 Å². The fourth-order valence-electron chi connectivity index (χ4n) is 4.88. The second-order valence-corrected chi connectivity index (χ2v) is 9.30. The Morgan fingerprint density at radius 2 is 1.84 bits per heavy atom. The number of nitrogens with one attached hydrogen (secondary N) is 2. The van der Waals surface area contributed by atoms with Crippen molar-refractivity contribution in [2.45, 2.75) is 62.6 Å². The number of hydrogen-bond acceptors (Lipinski definition) is 9. The molecule has 3 N–H and O–H groups in total. The number of aliphatic hydroxyl groups excluding tert-OH is 1. The van der Waals surface area contributed by atoms with Gasteiger partial charge in [0, 0.05) is 12.2 Å². The molecule has 0 aliphatic carbocycles. The third-order valence-corrected chi connectivity index (χ3v) is 6.74. The first kappa shape index (κ1) is 25.3. The van der Waals surface area contributed by atoms with Gasteiger partial charge in [-0.25, -0.2) is 4.98 Å². The summed E-state index contributed by atoms with van der Waals surface area (Å²) >= 11 is 0. The van der Waals surface area contributed by atoms with Crippen LogP contribution in [0.25, 0.3) is 0 Å². The van der Waals surface area contributed by atoms with Crippen molar-refractivity contribution in [3.05, 3.63) is 60.4 Å². The van der Waals surface area contributed by atoms with E-state index in [-0.39, 0.29) is 36.5 Å². The number of benzene rings is 1. The summed E-state index contributed by atoms with van der Waals surface area (Å²) in [7, 11) is 0. The maximum Gasteiger partial charge on any atom is 0.322 e. The van der Waals surface area contributed by atoms with Gasteiger partial charge in [0.25, 0.3) is 5.91 Å². The lowest BCUT2D eigenvalue weighted by Crippen LogP contribution is -2.57. The van der Waals surface area contributed by atoms with E-state index in [1.54, 1.807) is 24.3 Å². The normalized spacial score (nSPS) is 27.5. The number of amides is 3. The van der Waals surface area contributed by atoms with E-state index in [0.717, 1.165) is 0 Å². The molecule has 3 amide bonds. The molecule has 0 bridgehead atoms. The monoisotopic (exact) mass is 521 g/mol. The first-order chi connectivity index (χ1) is 18.4. The van der Waals surface area contributed by atoms with Crippen molar-refractivity contribution < 1.29 is 33.8 Å². The molecule has 0 saturated carbocycles. The van der Waals surface area contributed by atoms with Gasteiger partial charge in [-0.15, -0.1) is 0 Å². The molecule has 1 aromatic carbocycles. The smallest absolute Gasteiger partial charge is 0.322 e. The van der Waals surface area contributed by atoms with Gasteiger partial charge in [0.15, 0.2) is 0 Å². The number of carbonyl (C=O) groups is 4. The Bertz CT molecular complexity index is 1250. The molecule has 2 aromatic rings. The fraction of sp³-hybridized carbons (Fsp3) is 0.385. The number of hydrogen-bond donors (Lipinski definition) is 3. The molecule has 38 heavy (non-hydrogen) atoms. The van der Waals surface area contributed by atoms with Crippen LogP contribution >= 0.6 is 0 Å². The zero-order valence-electron chi connectivity index (χ0n) is 20.4. The third kappa shape index (κ3) is 5.49. The summed E-state index contributed by atoms with van der Waals surface area (Å²) < 4.78 is 10.3. The van der Waals surface area contributed by atoms with E-state index in [0.29, 0.717) is 25.0 Å². The molecule has 12 heteroatoms. The van der Waals surface area contributed by atoms with Crippen LogP contribution in [0.5, 0.6) is 11.8 Å². The van der Waals surface area contributed by atoms with Crippen LogP contribution in [-0.2, 0) is 19.1 Å². The summed E-state index contributed by atoms with van der Waals surface area (Å²) in [4.78, 5) is 60.9. The van der Waals surface area contributed by atoms with Crippen LogP contribution in [0.2, 0.25) is 0 Å². The van der Waals surface area contributed by atoms with Gasteiger partial charge in [0.2, 0.25) is 18.1 Å². The summed E-state index contributed by atoms with van der Waals surface area (Å²) in [6.07, 6.45) is 5.44. The summed E-state index contributed by atoms with van der Waals surface area (Å²) in [5, 5.41) is 15.2. The fourth-order valence-corrected chi connectivity index (χ4v) is 4.88. The predicted molar refractivity (Wildman–Crippen MR) is 130 cm³/mol. The molecule has 3 aliphatic rings. The first-order valence-corrected chi connectivity index (χ1v) is 12.4. The lowest BCUT2D eigenvalue weighted by atomic mass is 10.0. The van der Waals surface area contributed by atoms with Gasteiger partial charge in [-0.2, -0.15) is 4.98 Å². The average molecular weight is 522 g/mol. The highest BCUT2D eigenvalue weighted by Gasteiger charge is 2.45. The number of carbonyl (C=O) groups excluding carboxylic acids is 4. The van der Waals surface area contributed by atoms with Crippen LogP contribution in [0.4, 0.5) is 0 Å². The Balaban J connectivity index is 1.28. The van der Waals surface area contributed by atoms with Crippen LogP contribution in [0, 0.1) is 0 Å². The van der Waals surface area contributed by atoms with Crippen LogP contribution in [0.1, 0.15) is 42.6 Å². The van der Waals surface area contributed by atoms with Crippen LogP contribution in [0.15, 0.2) is 54.7 Å². The Morgan fingerprint density at radius 1 is 1.05 bits per heavy atom. The lowest BCUT2D eigenvalue weighted by molar-refractivity contribution is -0.155. The highest BCUT2D eigenvalue weighted by molar-refractivity contribution is 5.97. The number of aliphatic hydroxyl groups is 1. The quantitative estimate of drug-likeness (QED) is 0.369. The largest absolute Gasteiger partial charge is 0.434 e. The van der Waals surface area contributed by atoms with E-state index < -0.39 is 42.2 Å². The van der Waals surface area contributed by atoms with E-state index in [1.165, 1.54) is 17.2 Å². The van der Waals surface area contributed by atoms with E-state index in [2.05, 4.69) is 20.6 Å². The molecule has 2 saturated heterocycles. The third-order valence-electron chi connectivity index (χ3n) is 6.74. The van der Waals surface area contributed by atoms with Gasteiger partial charge in [-0.1, -0.05) is 30.4 Å². The van der Waals surface area contributed by atoms with E-state index in [4.69, 9.17) is 9.47 Å². The van der Waals surface area contributed by atoms with Gasteiger partial charge in [-0.05, 0) is 43.9 Å². The molecule has 4 heterocycles. The number of esters is 1. The maximum absolute atomic E-state index is 13.6. The summed E-state index contributed by atoms with van der Waals surface area (Å²) in [6.45, 7) is 0. The Labute approximate surface area is 218 Å². The van der Waals surface area contributed by atoms with Gasteiger partial charge in [0.1, 0.15) is 29.6 Å². The van der Waals surface area contributed by atoms with Crippen molar-refractivity contribution in [3.63, 3.8) is 0 Å². The molecular weight excluding hydrogens is 494 g/mol. The minimum atomic E-state index is -1.43. The second-order valence-electron chi connectivity index (χ2n) is 9.30. The molecular formula is C26H27N5O7. The first-order valence-electron chi connectivity index (χ1n) is 12.4. The molecule has 0 spiro atoms. The van der Waals surface area contributed by atoms with Crippen molar-refractivity contribution >= 4 is 23.7 Å². The number of fused-ring (bicyclic) bond motifs is 1. The van der Waals surface area contributed by atoms with Gasteiger partial charge < -0.3 is 30.1 Å². The standard InChI is InChI=1S/C26H27N5O7/c32-21-14-19(25(36)38-21)29-23(34)20-11-10-15-6-4-5-9-18(24(35)31(15)20)28-22(33)17-12-13-27-26(30-17)37-16-7-2-1-3-8-16/h1-5,7-8,12-13,15,18-20,25,36H,6,9-11,14H2,(H,28,33)(H,29,34)/b5-4-/t15-,18+,19?,20+,25?/m1/s1. The molecule has 2 unspecified atom stereocenters. The Kier molecular flexibility index (Phi) is 7.31. The highest BCUT2D eigenvalue weighted by atomic mass is 16.6. The van der Waals surface area contributed by atoms with Crippen molar-refractivity contribution in [1.29, 1.82) is 0 Å². The zero-order valence-corrected chi connectivity index (χ0v) is 20.4. The van der Waals surface area contributed by atoms with Crippen LogP contribution < -0.4 is 15.4 Å². The number of rotatable bonds is 6. The maximum atomic E-state index is 13.6. The molecule has 0 radical (unpaired) electrons. The van der Waals surface area contributed by atoms with E-state index in [1.807, 2.05) is 18.2 Å². The minimum absolute atomic E-state index is 0.0133. The molecule has 5 rings (SSSR count). The van der Waals surface area contributed by atoms with Crippen LogP contribution in [0.3, 0.4) is 0 Å². The molecule has 3 aliphatic heterocycles. The van der Waals surface area contributed by atoms with E-state index in [9.17, 15) is 24.3 Å². The molecule has 5 atom stereocenters. The summed E-state index contributed by atoms with van der Waals surface area (Å²) in [6, 6.07) is 7.47. The summed E-state index contributed by atoms with van der Waals surface area (Å²) in [5.41, 5.74) is 0.0249. The minimum Gasteiger partial charge on any atom is -0.434 e. The molecule has 2 fully saturated rings. The van der Waals surface area contributed by atoms with E-state index >= 15 is 0 Å². The van der Waals surface area contributed by atoms with Gasteiger partial charge >= 0.3 is 12.0 Å². The van der Waals surface area contributed by atoms with Gasteiger partial charge in [-0.3, -0.25) is 19.2 Å². The number of ether oxygens (including phenoxy) is 2. The molecule has 12 nitrogen and oxygen atoms in total. The average Bonchev–Trinajstić information content (AvgIpc) is 3.46. The topological polar surface area (TPSA) is 160 Å². The lowest BCUT2D eigenvalue weighted by Gasteiger charge is -2.34. The Morgan fingerprint density at radius 3 is 2.61 bits per heavy atom. The van der Waals surface area contributed by atoms with Crippen molar-refractivity contribution in [2.75, 3.05) is 0 Å². The van der Waals surface area contributed by atoms with Gasteiger partial charge in [0.05, 0.1) is 6.42 Å². The van der Waals surface area contributed by atoms with Crippen LogP contribution in [-0.4, -0.2) is 74.1 Å². The summed E-state index contributed by atoms with van der Waals surface area (Å²) in [5.74, 6) is -1.55. The molecule has 1 aromatic heterocycles. The Hall–Kier alpha value is -4.32. The SMILES string of the molecule is O=C1CC(NC(=O)[C@@H]2CC[C@H]3C/C=C\C[C@H](NC(=O)c4ccnc(Oc5ccccc5)n4)C(=O)N32)C(O)O1. The number of nitrogens with zero attached hydrogens (tertiary/aromatic N) is 3. The highest BCUT2D eigenvalue weighted by Crippen LogP contribution is 2.30. The zero-order chi connectivity index (χ0) is 26.6. The predicted octanol–water partition coefficient (Wildman–Crippen LogP) is 0.827. The number of para-hydroxylation sites is 1.